The SMILES string of the molecule is CNC(=O)c1c(-c2ccc(F)cc2)oc2ccc(C3C=CC=C(C(=O)Nc4cccc(C(=O)O)c4O)C3)cc12. The van der Waals surface area contributed by atoms with Crippen LogP contribution < -0.4 is 10.6 Å². The van der Waals surface area contributed by atoms with Gasteiger partial charge in [-0.15, -0.1) is 0 Å². The summed E-state index contributed by atoms with van der Waals surface area (Å²) in [5.41, 5.74) is 2.31. The molecule has 2 amide bonds. The molecule has 1 aromatic heterocycles. The third-order valence-electron chi connectivity index (χ3n) is 6.59. The molecule has 9 heteroatoms. The van der Waals surface area contributed by atoms with Gasteiger partial charge >= 0.3 is 5.97 Å². The van der Waals surface area contributed by atoms with Crippen LogP contribution in [0.3, 0.4) is 0 Å². The monoisotopic (exact) mass is 526 g/mol. The summed E-state index contributed by atoms with van der Waals surface area (Å²) in [7, 11) is 1.52. The van der Waals surface area contributed by atoms with E-state index in [0.29, 0.717) is 39.9 Å². The summed E-state index contributed by atoms with van der Waals surface area (Å²) in [6.07, 6.45) is 5.66. The van der Waals surface area contributed by atoms with Crippen LogP contribution in [-0.2, 0) is 4.79 Å². The van der Waals surface area contributed by atoms with E-state index in [9.17, 15) is 29.0 Å². The van der Waals surface area contributed by atoms with Crippen LogP contribution in [0.5, 0.6) is 5.75 Å². The smallest absolute Gasteiger partial charge is 0.339 e. The van der Waals surface area contributed by atoms with E-state index in [1.165, 1.54) is 37.4 Å². The molecule has 5 rings (SSSR count). The molecule has 1 atom stereocenters. The molecule has 0 saturated heterocycles. The van der Waals surface area contributed by atoms with Crippen molar-refractivity contribution in [3.05, 3.63) is 107 Å². The quantitative estimate of drug-likeness (QED) is 0.242. The molecule has 0 aliphatic heterocycles. The minimum absolute atomic E-state index is 0.00439. The number of aromatic carboxylic acids is 1. The lowest BCUT2D eigenvalue weighted by molar-refractivity contribution is -0.113. The highest BCUT2D eigenvalue weighted by Crippen LogP contribution is 2.38. The number of carbonyl (C=O) groups excluding carboxylic acids is 2. The number of carboxylic acids is 1. The third kappa shape index (κ3) is 4.89. The number of halogens is 1. The summed E-state index contributed by atoms with van der Waals surface area (Å²) in [4.78, 5) is 37.2. The van der Waals surface area contributed by atoms with Gasteiger partial charge in [0.15, 0.2) is 5.75 Å². The Morgan fingerprint density at radius 2 is 1.79 bits per heavy atom. The summed E-state index contributed by atoms with van der Waals surface area (Å²) in [5.74, 6) is -2.95. The number of carbonyl (C=O) groups is 3. The molecule has 4 aromatic rings. The molecular weight excluding hydrogens is 503 g/mol. The van der Waals surface area contributed by atoms with Gasteiger partial charge in [-0.05, 0) is 60.5 Å². The van der Waals surface area contributed by atoms with E-state index in [4.69, 9.17) is 4.42 Å². The number of nitrogens with one attached hydrogen (secondary N) is 2. The minimum Gasteiger partial charge on any atom is -0.505 e. The van der Waals surface area contributed by atoms with Crippen molar-refractivity contribution in [1.82, 2.24) is 5.32 Å². The molecule has 39 heavy (non-hydrogen) atoms. The summed E-state index contributed by atoms with van der Waals surface area (Å²) in [5, 5.41) is 25.3. The molecule has 196 valence electrons. The second kappa shape index (κ2) is 10.3. The second-order valence-electron chi connectivity index (χ2n) is 9.00. The molecule has 3 aromatic carbocycles. The third-order valence-corrected chi connectivity index (χ3v) is 6.59. The first-order valence-electron chi connectivity index (χ1n) is 12.0. The molecule has 4 N–H and O–H groups in total. The van der Waals surface area contributed by atoms with Crippen LogP contribution in [0, 0.1) is 5.82 Å². The van der Waals surface area contributed by atoms with Crippen molar-refractivity contribution >= 4 is 34.4 Å². The van der Waals surface area contributed by atoms with Gasteiger partial charge < -0.3 is 25.3 Å². The molecule has 0 radical (unpaired) electrons. The summed E-state index contributed by atoms with van der Waals surface area (Å²) in [6, 6.07) is 15.2. The van der Waals surface area contributed by atoms with Gasteiger partial charge in [-0.2, -0.15) is 0 Å². The van der Waals surface area contributed by atoms with Crippen LogP contribution in [0.2, 0.25) is 0 Å². The number of furan rings is 1. The topological polar surface area (TPSA) is 129 Å². The lowest BCUT2D eigenvalue weighted by Gasteiger charge is -2.19. The van der Waals surface area contributed by atoms with E-state index >= 15 is 0 Å². The van der Waals surface area contributed by atoms with Crippen molar-refractivity contribution in [3.8, 4) is 17.1 Å². The number of carboxylic acid groups (broad SMARTS) is 1. The Kier molecular flexibility index (Phi) is 6.72. The average molecular weight is 527 g/mol. The van der Waals surface area contributed by atoms with Crippen LogP contribution in [0.1, 0.15) is 38.6 Å². The van der Waals surface area contributed by atoms with E-state index in [1.54, 1.807) is 30.4 Å². The molecule has 0 bridgehead atoms. The number of benzene rings is 3. The molecule has 1 heterocycles. The average Bonchev–Trinajstić information content (AvgIpc) is 3.32. The van der Waals surface area contributed by atoms with Crippen LogP contribution in [0.4, 0.5) is 10.1 Å². The summed E-state index contributed by atoms with van der Waals surface area (Å²) < 4.78 is 19.5. The fourth-order valence-corrected chi connectivity index (χ4v) is 4.60. The largest absolute Gasteiger partial charge is 0.505 e. The van der Waals surface area contributed by atoms with Crippen molar-refractivity contribution in [2.75, 3.05) is 12.4 Å². The highest BCUT2D eigenvalue weighted by atomic mass is 19.1. The Bertz CT molecular complexity index is 1680. The van der Waals surface area contributed by atoms with E-state index in [-0.39, 0.29) is 23.1 Å². The number of hydrogen-bond donors (Lipinski definition) is 4. The van der Waals surface area contributed by atoms with Gasteiger partial charge in [0.1, 0.15) is 22.7 Å². The van der Waals surface area contributed by atoms with Crippen molar-refractivity contribution in [2.45, 2.75) is 12.3 Å². The molecule has 1 aliphatic rings. The van der Waals surface area contributed by atoms with Gasteiger partial charge in [0.2, 0.25) is 0 Å². The van der Waals surface area contributed by atoms with Crippen molar-refractivity contribution in [3.63, 3.8) is 0 Å². The maximum atomic E-state index is 13.5. The van der Waals surface area contributed by atoms with E-state index in [2.05, 4.69) is 10.6 Å². The van der Waals surface area contributed by atoms with Crippen molar-refractivity contribution < 1.29 is 33.4 Å². The lowest BCUT2D eigenvalue weighted by atomic mass is 9.87. The molecule has 0 fully saturated rings. The van der Waals surface area contributed by atoms with Crippen LogP contribution in [0.15, 0.2) is 88.9 Å². The number of phenols is 1. The number of allylic oxidation sites excluding steroid dienone is 3. The Morgan fingerprint density at radius 3 is 2.51 bits per heavy atom. The minimum atomic E-state index is -1.31. The molecule has 1 aliphatic carbocycles. The number of aromatic hydroxyl groups is 1. The number of amides is 2. The van der Waals surface area contributed by atoms with Crippen LogP contribution >= 0.6 is 0 Å². The van der Waals surface area contributed by atoms with Gasteiger partial charge in [-0.25, -0.2) is 9.18 Å². The van der Waals surface area contributed by atoms with Gasteiger partial charge in [-0.1, -0.05) is 30.4 Å². The van der Waals surface area contributed by atoms with Crippen molar-refractivity contribution in [1.29, 1.82) is 0 Å². The maximum absolute atomic E-state index is 13.5. The number of hydrogen-bond acceptors (Lipinski definition) is 5. The Hall–Kier alpha value is -5.18. The first-order valence-corrected chi connectivity index (χ1v) is 12.0. The zero-order valence-corrected chi connectivity index (χ0v) is 20.7. The Labute approximate surface area is 222 Å². The number of fused-ring (bicyclic) bond motifs is 1. The fourth-order valence-electron chi connectivity index (χ4n) is 4.60. The van der Waals surface area contributed by atoms with E-state index in [0.717, 1.165) is 5.56 Å². The Morgan fingerprint density at radius 1 is 1.03 bits per heavy atom. The number of anilines is 1. The van der Waals surface area contributed by atoms with E-state index in [1.807, 2.05) is 18.2 Å². The summed E-state index contributed by atoms with van der Waals surface area (Å²) in [6.45, 7) is 0. The first-order chi connectivity index (χ1) is 18.8. The van der Waals surface area contributed by atoms with Gasteiger partial charge in [0.25, 0.3) is 11.8 Å². The van der Waals surface area contributed by atoms with Crippen molar-refractivity contribution in [2.24, 2.45) is 0 Å². The molecule has 1 unspecified atom stereocenters. The predicted molar refractivity (Wildman–Crippen MR) is 143 cm³/mol. The normalized spacial score (nSPS) is 14.6. The summed E-state index contributed by atoms with van der Waals surface area (Å²) >= 11 is 0. The standard InChI is InChI=1S/C30H23FN2O6/c1-32-29(36)25-22-15-18(10-13-24(22)39-27(25)16-8-11-20(31)12-9-16)17-4-2-5-19(14-17)28(35)33-23-7-3-6-21(26(23)34)30(37)38/h2-13,15,17,34H,14H2,1H3,(H,32,36)(H,33,35)(H,37,38). The van der Waals surface area contributed by atoms with Gasteiger partial charge in [-0.3, -0.25) is 9.59 Å². The number of rotatable bonds is 6. The molecule has 0 spiro atoms. The highest BCUT2D eigenvalue weighted by molar-refractivity contribution is 6.11. The van der Waals surface area contributed by atoms with Gasteiger partial charge in [0.05, 0.1) is 11.3 Å². The Balaban J connectivity index is 1.44. The van der Waals surface area contributed by atoms with Crippen LogP contribution in [-0.4, -0.2) is 35.0 Å². The van der Waals surface area contributed by atoms with Gasteiger partial charge in [0, 0.05) is 29.5 Å². The predicted octanol–water partition coefficient (Wildman–Crippen LogP) is 5.61. The zero-order valence-electron chi connectivity index (χ0n) is 20.7. The first kappa shape index (κ1) is 25.5. The lowest BCUT2D eigenvalue weighted by Crippen LogP contribution is -2.18. The molecular formula is C30H23FN2O6. The fraction of sp³-hybridized carbons (Fsp3) is 0.100. The highest BCUT2D eigenvalue weighted by Gasteiger charge is 2.25. The maximum Gasteiger partial charge on any atom is 0.339 e. The van der Waals surface area contributed by atoms with Crippen LogP contribution in [0.25, 0.3) is 22.3 Å². The zero-order chi connectivity index (χ0) is 27.7. The second-order valence-corrected chi connectivity index (χ2v) is 9.00. The van der Waals surface area contributed by atoms with E-state index < -0.39 is 23.4 Å². The molecule has 8 nitrogen and oxygen atoms in total. The number of para-hydroxylation sites is 1. The molecule has 0 saturated carbocycles.